The number of unbranched alkanes of at least 4 members (excludes halogenated alkanes) is 1. The third kappa shape index (κ3) is 4.27. The minimum atomic E-state index is -3.03. The molecule has 0 spiro atoms. The van der Waals surface area contributed by atoms with Crippen molar-refractivity contribution >= 4 is 36.7 Å². The van der Waals surface area contributed by atoms with E-state index >= 15 is 0 Å². The topological polar surface area (TPSA) is 9.23 Å². The summed E-state index contributed by atoms with van der Waals surface area (Å²) in [5.74, 6) is 0.984. The molecule has 0 fully saturated rings. The first kappa shape index (κ1) is 22.8. The Morgan fingerprint density at radius 2 is 1.06 bits per heavy atom. The summed E-state index contributed by atoms with van der Waals surface area (Å²) in [6, 6.07) is 41.3. The molecule has 0 saturated carbocycles. The van der Waals surface area contributed by atoms with Crippen LogP contribution < -0.4 is 20.7 Å². The van der Waals surface area contributed by atoms with Gasteiger partial charge in [-0.3, -0.25) is 0 Å². The molecule has 0 saturated heterocycles. The fourth-order valence-corrected chi connectivity index (χ4v) is 12.0. The van der Waals surface area contributed by atoms with Gasteiger partial charge in [0.05, 0.1) is 0 Å². The Morgan fingerprint density at radius 3 is 1.53 bits per heavy atom. The van der Waals surface area contributed by atoms with E-state index in [0.29, 0.717) is 0 Å². The number of para-hydroxylation sites is 1. The Labute approximate surface area is 200 Å². The number of hydrogen-bond donors (Lipinski definition) is 0. The quantitative estimate of drug-likeness (QED) is 0.173. The predicted molar refractivity (Wildman–Crippen MR) is 145 cm³/mol. The molecule has 32 heavy (non-hydrogen) atoms. The number of ether oxygens (including phenoxy) is 1. The molecular weight excluding hydrogens is 475 g/mol. The second-order valence-corrected chi connectivity index (χ2v) is 17.1. The van der Waals surface area contributed by atoms with E-state index in [-0.39, 0.29) is 0 Å². The molecule has 0 heterocycles. The van der Waals surface area contributed by atoms with E-state index in [1.54, 1.807) is 0 Å². The van der Waals surface area contributed by atoms with Gasteiger partial charge >= 0.3 is 201 Å². The molecule has 0 radical (unpaired) electrons. The second-order valence-electron chi connectivity index (χ2n) is 8.16. The minimum absolute atomic E-state index is 0.744. The van der Waals surface area contributed by atoms with Crippen molar-refractivity contribution in [1.29, 1.82) is 0 Å². The third-order valence-electron chi connectivity index (χ3n) is 6.08. The molecule has 0 aliphatic heterocycles. The summed E-state index contributed by atoms with van der Waals surface area (Å²) in [7, 11) is 0. The van der Waals surface area contributed by atoms with Crippen molar-refractivity contribution in [1.82, 2.24) is 0 Å². The molecule has 0 N–H and O–H groups in total. The maximum absolute atomic E-state index is 6.28. The van der Waals surface area contributed by atoms with Crippen molar-refractivity contribution in [2.45, 2.75) is 25.9 Å². The van der Waals surface area contributed by atoms with Gasteiger partial charge in [-0.15, -0.1) is 0 Å². The Hall–Kier alpha value is -2.41. The van der Waals surface area contributed by atoms with Gasteiger partial charge in [-0.1, -0.05) is 0 Å². The van der Waals surface area contributed by atoms with Gasteiger partial charge in [0.25, 0.3) is 0 Å². The zero-order valence-electron chi connectivity index (χ0n) is 18.5. The predicted octanol–water partition coefficient (Wildman–Crippen LogP) is 7.21. The Bertz CT molecular complexity index is 1030. The standard InChI is InChI=1S/C29H30BrOP/c1-2-3-23-31-29-22-14-13-15-25(29)24-32(30,26-16-7-4-8-17-26,27-18-9-5-10-19-27)28-20-11-6-12-21-28/h4-22H,2-3,23-24H2,1H3. The molecule has 4 aromatic rings. The number of halogens is 1. The van der Waals surface area contributed by atoms with E-state index in [1.165, 1.54) is 21.5 Å². The second kappa shape index (κ2) is 10.0. The van der Waals surface area contributed by atoms with Crippen molar-refractivity contribution in [2.75, 3.05) is 6.61 Å². The van der Waals surface area contributed by atoms with Gasteiger partial charge in [0, 0.05) is 0 Å². The normalized spacial score (nSPS) is 12.6. The van der Waals surface area contributed by atoms with Crippen molar-refractivity contribution in [2.24, 2.45) is 0 Å². The molecule has 4 aromatic carbocycles. The number of rotatable bonds is 9. The summed E-state index contributed by atoms with van der Waals surface area (Å²) in [4.78, 5) is 0. The van der Waals surface area contributed by atoms with Crippen molar-refractivity contribution in [3.8, 4) is 5.75 Å². The van der Waals surface area contributed by atoms with Crippen LogP contribution in [0.3, 0.4) is 0 Å². The fraction of sp³-hybridized carbons (Fsp3) is 0.172. The average molecular weight is 505 g/mol. The van der Waals surface area contributed by atoms with Gasteiger partial charge in [0.1, 0.15) is 0 Å². The third-order valence-corrected chi connectivity index (χ3v) is 15.6. The molecule has 0 bridgehead atoms. The van der Waals surface area contributed by atoms with Gasteiger partial charge in [-0.2, -0.15) is 0 Å². The van der Waals surface area contributed by atoms with Crippen LogP contribution in [0.4, 0.5) is 0 Å². The summed E-state index contributed by atoms with van der Waals surface area (Å²) >= 11 is 4.55. The van der Waals surface area contributed by atoms with Crippen molar-refractivity contribution in [3.63, 3.8) is 0 Å². The van der Waals surface area contributed by atoms with E-state index in [1.807, 2.05) is 0 Å². The Morgan fingerprint density at radius 1 is 0.625 bits per heavy atom. The molecule has 164 valence electrons. The Kier molecular flexibility index (Phi) is 7.13. The zero-order chi connectivity index (χ0) is 22.3. The van der Waals surface area contributed by atoms with E-state index < -0.39 is 5.31 Å². The van der Waals surface area contributed by atoms with Gasteiger partial charge in [-0.05, 0) is 0 Å². The van der Waals surface area contributed by atoms with Crippen LogP contribution in [0.25, 0.3) is 0 Å². The average Bonchev–Trinajstić information content (AvgIpc) is 2.87. The molecule has 3 heteroatoms. The molecule has 0 amide bonds. The van der Waals surface area contributed by atoms with Crippen LogP contribution in [0.1, 0.15) is 25.3 Å². The summed E-state index contributed by atoms with van der Waals surface area (Å²) in [5.41, 5.74) is 1.23. The number of benzene rings is 4. The van der Waals surface area contributed by atoms with Crippen LogP contribution in [0.15, 0.2) is 115 Å². The van der Waals surface area contributed by atoms with E-state index in [4.69, 9.17) is 4.74 Å². The molecule has 0 aliphatic carbocycles. The first-order valence-corrected chi connectivity index (χ1v) is 15.7. The van der Waals surface area contributed by atoms with Crippen LogP contribution in [-0.4, -0.2) is 6.61 Å². The van der Waals surface area contributed by atoms with Gasteiger partial charge in [0.2, 0.25) is 0 Å². The summed E-state index contributed by atoms with van der Waals surface area (Å²) in [6.45, 7) is 2.94. The van der Waals surface area contributed by atoms with Gasteiger partial charge < -0.3 is 0 Å². The maximum atomic E-state index is 6.28. The van der Waals surface area contributed by atoms with Crippen LogP contribution in [0.5, 0.6) is 5.75 Å². The van der Waals surface area contributed by atoms with E-state index in [2.05, 4.69) is 138 Å². The van der Waals surface area contributed by atoms with Crippen molar-refractivity contribution in [3.05, 3.63) is 121 Å². The van der Waals surface area contributed by atoms with Gasteiger partial charge in [-0.25, -0.2) is 0 Å². The Balaban J connectivity index is 1.98. The van der Waals surface area contributed by atoms with E-state index in [9.17, 15) is 0 Å². The van der Waals surface area contributed by atoms with Crippen molar-refractivity contribution < 1.29 is 4.74 Å². The van der Waals surface area contributed by atoms with Crippen LogP contribution in [0, 0.1) is 0 Å². The van der Waals surface area contributed by atoms with E-state index in [0.717, 1.165) is 31.4 Å². The first-order chi connectivity index (χ1) is 15.7. The monoisotopic (exact) mass is 504 g/mol. The molecular formula is C29H30BrOP. The van der Waals surface area contributed by atoms with Crippen LogP contribution in [0.2, 0.25) is 0 Å². The first-order valence-electron chi connectivity index (χ1n) is 11.3. The fourth-order valence-electron chi connectivity index (χ4n) is 4.36. The molecule has 0 atom stereocenters. The zero-order valence-corrected chi connectivity index (χ0v) is 21.0. The van der Waals surface area contributed by atoms with Crippen LogP contribution in [-0.2, 0) is 6.16 Å². The molecule has 0 unspecified atom stereocenters. The molecule has 0 aliphatic rings. The SMILES string of the molecule is CCCCOc1ccccc1CP(Br)(c1ccccc1)(c1ccccc1)c1ccccc1. The molecule has 4 rings (SSSR count). The molecule has 0 aromatic heterocycles. The molecule has 1 nitrogen and oxygen atoms in total. The van der Waals surface area contributed by atoms with Gasteiger partial charge in [0.15, 0.2) is 0 Å². The summed E-state index contributed by atoms with van der Waals surface area (Å²) in [6.07, 6.45) is 3.02. The van der Waals surface area contributed by atoms with Crippen LogP contribution >= 0.6 is 20.8 Å². The number of hydrogen-bond acceptors (Lipinski definition) is 1. The summed E-state index contributed by atoms with van der Waals surface area (Å²) < 4.78 is 6.28. The summed E-state index contributed by atoms with van der Waals surface area (Å²) in [5, 5.41) is 0.925.